The smallest absolute Gasteiger partial charge is 0.332 e. The summed E-state index contributed by atoms with van der Waals surface area (Å²) in [5.41, 5.74) is -1.51. The zero-order valence-corrected chi connectivity index (χ0v) is 11.6. The second kappa shape index (κ2) is 6.44. The Morgan fingerprint density at radius 2 is 1.56 bits per heavy atom. The fourth-order valence-corrected chi connectivity index (χ4v) is 2.30. The third-order valence-electron chi connectivity index (χ3n) is 2.28. The highest BCUT2D eigenvalue weighted by Gasteiger charge is 2.54. The monoisotopic (exact) mass is 246 g/mol. The summed E-state index contributed by atoms with van der Waals surface area (Å²) in [6, 6.07) is 0.325. The van der Waals surface area contributed by atoms with Gasteiger partial charge in [0.05, 0.1) is 0 Å². The molecule has 0 spiro atoms. The first-order valence-electron chi connectivity index (χ1n) is 4.45. The topological polar surface area (TPSA) is 86.6 Å². The van der Waals surface area contributed by atoms with Crippen LogP contribution in [0, 0.1) is 0 Å². The number of hydrogen-bond donors (Lipinski definition) is 0. The van der Waals surface area contributed by atoms with Gasteiger partial charge in [-0.05, 0) is 6.04 Å². The van der Waals surface area contributed by atoms with Gasteiger partial charge >= 0.3 is 5.91 Å². The van der Waals surface area contributed by atoms with Gasteiger partial charge in [-0.2, -0.15) is 4.99 Å². The van der Waals surface area contributed by atoms with Crippen LogP contribution in [0.2, 0.25) is 6.04 Å². The zero-order chi connectivity index (χ0) is 12.7. The van der Waals surface area contributed by atoms with Crippen molar-refractivity contribution in [3.8, 4) is 0 Å². The van der Waals surface area contributed by atoms with Crippen molar-refractivity contribution in [1.29, 1.82) is 0 Å². The van der Waals surface area contributed by atoms with Crippen LogP contribution < -0.4 is 0 Å². The van der Waals surface area contributed by atoms with E-state index in [1.165, 1.54) is 33.5 Å². The van der Waals surface area contributed by atoms with Gasteiger partial charge in [-0.3, -0.25) is 0 Å². The Kier molecular flexibility index (Phi) is 5.98. The van der Waals surface area contributed by atoms with Crippen LogP contribution in [0.15, 0.2) is 9.98 Å². The van der Waals surface area contributed by atoms with Gasteiger partial charge < -0.3 is 14.2 Å². The van der Waals surface area contributed by atoms with E-state index in [1.54, 1.807) is 0 Å². The Morgan fingerprint density at radius 3 is 1.81 bits per heavy atom. The standard InChI is InChI=1S/C8H14N2O5Si/c1-13-7(4-16,9-5-11)8(14-2,15-3)10-6-12/h4H2,1-3,16H3. The maximum absolute atomic E-state index is 10.4. The van der Waals surface area contributed by atoms with E-state index in [9.17, 15) is 9.59 Å². The molecule has 1 unspecified atom stereocenters. The van der Waals surface area contributed by atoms with Crippen molar-refractivity contribution in [2.24, 2.45) is 9.98 Å². The lowest BCUT2D eigenvalue weighted by atomic mass is 10.2. The van der Waals surface area contributed by atoms with Crippen molar-refractivity contribution in [2.75, 3.05) is 21.3 Å². The molecular formula is C8H14N2O5Si. The number of ether oxygens (including phenoxy) is 3. The maximum atomic E-state index is 10.4. The van der Waals surface area contributed by atoms with Crippen LogP contribution in [0.4, 0.5) is 0 Å². The summed E-state index contributed by atoms with van der Waals surface area (Å²) in [6.07, 6.45) is 2.68. The molecule has 0 heterocycles. The maximum Gasteiger partial charge on any atom is 0.332 e. The molecule has 0 amide bonds. The molecule has 0 aromatic rings. The van der Waals surface area contributed by atoms with Crippen LogP contribution in [-0.4, -0.2) is 55.4 Å². The largest absolute Gasteiger partial charge is 0.350 e. The fraction of sp³-hybridized carbons (Fsp3) is 0.750. The second-order valence-corrected chi connectivity index (χ2v) is 3.45. The molecule has 0 aliphatic heterocycles. The predicted molar refractivity (Wildman–Crippen MR) is 57.5 cm³/mol. The number of hydrogen-bond acceptors (Lipinski definition) is 7. The second-order valence-electron chi connectivity index (χ2n) is 2.74. The first-order valence-corrected chi connectivity index (χ1v) is 5.86. The van der Waals surface area contributed by atoms with Crippen molar-refractivity contribution in [2.45, 2.75) is 17.7 Å². The molecule has 0 fully saturated rings. The summed E-state index contributed by atoms with van der Waals surface area (Å²) in [5.74, 6) is -1.82. The van der Waals surface area contributed by atoms with Crippen molar-refractivity contribution in [1.82, 2.24) is 0 Å². The highest BCUT2D eigenvalue weighted by molar-refractivity contribution is 6.09. The summed E-state index contributed by atoms with van der Waals surface area (Å²) in [6.45, 7) is 0. The molecule has 0 aromatic heterocycles. The fourth-order valence-electron chi connectivity index (χ4n) is 1.41. The molecule has 0 aliphatic carbocycles. The van der Waals surface area contributed by atoms with E-state index >= 15 is 0 Å². The number of aliphatic imine (C=N–C) groups is 2. The van der Waals surface area contributed by atoms with E-state index < -0.39 is 11.6 Å². The molecule has 8 heteroatoms. The minimum atomic E-state index is -1.82. The van der Waals surface area contributed by atoms with Gasteiger partial charge in [0.2, 0.25) is 17.9 Å². The number of carbonyl (C=O) groups excluding carboxylic acids is 2. The Balaban J connectivity index is 5.75. The summed E-state index contributed by atoms with van der Waals surface area (Å²) < 4.78 is 15.1. The first kappa shape index (κ1) is 14.9. The van der Waals surface area contributed by atoms with Crippen LogP contribution in [0.25, 0.3) is 0 Å². The van der Waals surface area contributed by atoms with E-state index in [2.05, 4.69) is 9.98 Å². The minimum absolute atomic E-state index is 0.325. The van der Waals surface area contributed by atoms with Gasteiger partial charge in [0.25, 0.3) is 0 Å². The van der Waals surface area contributed by atoms with Gasteiger partial charge in [-0.25, -0.2) is 9.59 Å². The summed E-state index contributed by atoms with van der Waals surface area (Å²) >= 11 is 0. The van der Waals surface area contributed by atoms with Crippen molar-refractivity contribution in [3.05, 3.63) is 0 Å². The van der Waals surface area contributed by atoms with Gasteiger partial charge in [0, 0.05) is 31.6 Å². The average molecular weight is 246 g/mol. The lowest BCUT2D eigenvalue weighted by molar-refractivity contribution is -0.295. The molecule has 0 N–H and O–H groups in total. The van der Waals surface area contributed by atoms with Crippen LogP contribution in [0.5, 0.6) is 0 Å². The number of methoxy groups -OCH3 is 3. The van der Waals surface area contributed by atoms with Gasteiger partial charge in [0.1, 0.15) is 0 Å². The quantitative estimate of drug-likeness (QED) is 0.242. The molecule has 1 atom stereocenters. The van der Waals surface area contributed by atoms with Crippen molar-refractivity contribution < 1.29 is 23.8 Å². The molecule has 16 heavy (non-hydrogen) atoms. The van der Waals surface area contributed by atoms with Crippen molar-refractivity contribution in [3.63, 3.8) is 0 Å². The normalized spacial score (nSPS) is 14.7. The molecule has 0 saturated heterocycles. The Labute approximate surface area is 95.9 Å². The lowest BCUT2D eigenvalue weighted by Crippen LogP contribution is -2.55. The molecule has 7 nitrogen and oxygen atoms in total. The van der Waals surface area contributed by atoms with Crippen LogP contribution in [0.3, 0.4) is 0 Å². The first-order chi connectivity index (χ1) is 7.61. The Hall–Kier alpha value is -1.14. The SMILES string of the molecule is COC(C[SiH3])(N=C=O)C(N=C=O)(OC)OC. The van der Waals surface area contributed by atoms with Gasteiger partial charge in [-0.15, -0.1) is 4.99 Å². The highest BCUT2D eigenvalue weighted by atomic mass is 28.1. The molecule has 0 aromatic carbocycles. The van der Waals surface area contributed by atoms with E-state index in [0.717, 1.165) is 0 Å². The van der Waals surface area contributed by atoms with E-state index in [4.69, 9.17) is 14.2 Å². The molecule has 0 bridgehead atoms. The van der Waals surface area contributed by atoms with E-state index in [1.807, 2.05) is 0 Å². The third-order valence-corrected chi connectivity index (χ3v) is 3.24. The number of rotatable bonds is 7. The van der Waals surface area contributed by atoms with E-state index in [-0.39, 0.29) is 0 Å². The third kappa shape index (κ3) is 2.33. The molecule has 0 rings (SSSR count). The molecular weight excluding hydrogens is 232 g/mol. The molecule has 90 valence electrons. The van der Waals surface area contributed by atoms with Crippen LogP contribution >= 0.6 is 0 Å². The molecule has 0 radical (unpaired) electrons. The predicted octanol–water partition coefficient (Wildman–Crippen LogP) is -1.27. The summed E-state index contributed by atoms with van der Waals surface area (Å²) in [4.78, 5) is 27.7. The van der Waals surface area contributed by atoms with Gasteiger partial charge in [0.15, 0.2) is 0 Å². The minimum Gasteiger partial charge on any atom is -0.350 e. The van der Waals surface area contributed by atoms with Crippen molar-refractivity contribution >= 4 is 22.4 Å². The lowest BCUT2D eigenvalue weighted by Gasteiger charge is -2.38. The Morgan fingerprint density at radius 1 is 1.06 bits per heavy atom. The van der Waals surface area contributed by atoms with E-state index in [0.29, 0.717) is 16.3 Å². The number of isocyanates is 2. The highest BCUT2D eigenvalue weighted by Crippen LogP contribution is 2.35. The Bertz CT molecular complexity index is 282. The number of nitrogens with zero attached hydrogens (tertiary/aromatic N) is 2. The zero-order valence-electron chi connectivity index (χ0n) is 9.64. The van der Waals surface area contributed by atoms with Crippen LogP contribution in [-0.2, 0) is 23.8 Å². The molecule has 0 saturated carbocycles. The summed E-state index contributed by atoms with van der Waals surface area (Å²) in [5, 5.41) is 0. The molecule has 0 aliphatic rings. The average Bonchev–Trinajstić information content (AvgIpc) is 2.33. The summed E-state index contributed by atoms with van der Waals surface area (Å²) in [7, 11) is 4.45. The van der Waals surface area contributed by atoms with Crippen LogP contribution in [0.1, 0.15) is 0 Å². The van der Waals surface area contributed by atoms with Gasteiger partial charge in [-0.1, -0.05) is 0 Å².